The standard InChI is InChI=1S/C18H20ClN5O2S.ClH/c1-22-5-4-15(21-22)17(25)24(7-6-23-8-10-26-11-9-23)18-20-14-3-2-13(19)12-16(14)27-18;/h2-5,12H,6-11H2,1H3;1H. The van der Waals surface area contributed by atoms with E-state index in [1.54, 1.807) is 28.9 Å². The smallest absolute Gasteiger partial charge is 0.280 e. The van der Waals surface area contributed by atoms with Gasteiger partial charge in [-0.1, -0.05) is 22.9 Å². The lowest BCUT2D eigenvalue weighted by molar-refractivity contribution is 0.0391. The highest BCUT2D eigenvalue weighted by atomic mass is 35.5. The monoisotopic (exact) mass is 441 g/mol. The van der Waals surface area contributed by atoms with Crippen LogP contribution in [0.25, 0.3) is 10.2 Å². The number of hydrogen-bond donors (Lipinski definition) is 0. The molecule has 0 radical (unpaired) electrons. The lowest BCUT2D eigenvalue weighted by Gasteiger charge is -2.29. The lowest BCUT2D eigenvalue weighted by atomic mass is 10.3. The Labute approximate surface area is 178 Å². The Bertz CT molecular complexity index is 955. The van der Waals surface area contributed by atoms with E-state index in [4.69, 9.17) is 16.3 Å². The number of carbonyl (C=O) groups excluding carboxylic acids is 1. The van der Waals surface area contributed by atoms with Crippen molar-refractivity contribution < 1.29 is 9.53 Å². The Balaban J connectivity index is 0.00000225. The van der Waals surface area contributed by atoms with E-state index < -0.39 is 0 Å². The van der Waals surface area contributed by atoms with E-state index in [2.05, 4.69) is 15.0 Å². The van der Waals surface area contributed by atoms with Crippen molar-refractivity contribution in [3.63, 3.8) is 0 Å². The zero-order valence-electron chi connectivity index (χ0n) is 15.4. The summed E-state index contributed by atoms with van der Waals surface area (Å²) in [6.45, 7) is 4.52. The van der Waals surface area contributed by atoms with Crippen molar-refractivity contribution in [3.05, 3.63) is 41.2 Å². The topological polar surface area (TPSA) is 63.5 Å². The summed E-state index contributed by atoms with van der Waals surface area (Å²) < 4.78 is 8.00. The minimum atomic E-state index is -0.144. The predicted octanol–water partition coefficient (Wildman–Crippen LogP) is 3.08. The van der Waals surface area contributed by atoms with Gasteiger partial charge in [0.1, 0.15) is 0 Å². The van der Waals surface area contributed by atoms with Crippen molar-refractivity contribution in [2.75, 3.05) is 44.3 Å². The van der Waals surface area contributed by atoms with E-state index in [0.717, 1.165) is 43.1 Å². The number of ether oxygens (including phenoxy) is 1. The summed E-state index contributed by atoms with van der Waals surface area (Å²) in [6, 6.07) is 7.30. The molecule has 1 aliphatic rings. The second-order valence-electron chi connectivity index (χ2n) is 6.39. The lowest BCUT2D eigenvalue weighted by Crippen LogP contribution is -2.43. The van der Waals surface area contributed by atoms with Gasteiger partial charge in [0.05, 0.1) is 23.4 Å². The average Bonchev–Trinajstić information content (AvgIpc) is 3.28. The normalized spacial score (nSPS) is 14.8. The fourth-order valence-electron chi connectivity index (χ4n) is 3.02. The fourth-order valence-corrected chi connectivity index (χ4v) is 4.29. The number of carbonyl (C=O) groups is 1. The number of hydrogen-bond acceptors (Lipinski definition) is 6. The highest BCUT2D eigenvalue weighted by Gasteiger charge is 2.24. The second-order valence-corrected chi connectivity index (χ2v) is 7.84. The molecule has 7 nitrogen and oxygen atoms in total. The minimum absolute atomic E-state index is 0. The van der Waals surface area contributed by atoms with E-state index in [0.29, 0.717) is 22.4 Å². The van der Waals surface area contributed by atoms with Crippen LogP contribution in [0.4, 0.5) is 5.13 Å². The molecule has 0 unspecified atom stereocenters. The quantitative estimate of drug-likeness (QED) is 0.608. The first-order valence-corrected chi connectivity index (χ1v) is 9.97. The van der Waals surface area contributed by atoms with Gasteiger partial charge in [0, 0.05) is 44.4 Å². The van der Waals surface area contributed by atoms with Gasteiger partial charge in [-0.3, -0.25) is 19.3 Å². The molecule has 1 aromatic carbocycles. The van der Waals surface area contributed by atoms with Crippen LogP contribution in [-0.2, 0) is 11.8 Å². The van der Waals surface area contributed by atoms with Crippen molar-refractivity contribution in [2.45, 2.75) is 0 Å². The molecular weight excluding hydrogens is 421 g/mol. The molecule has 1 saturated heterocycles. The predicted molar refractivity (Wildman–Crippen MR) is 114 cm³/mol. The van der Waals surface area contributed by atoms with Gasteiger partial charge >= 0.3 is 0 Å². The van der Waals surface area contributed by atoms with E-state index in [1.807, 2.05) is 18.2 Å². The molecule has 0 aliphatic carbocycles. The number of benzene rings is 1. The van der Waals surface area contributed by atoms with Crippen LogP contribution >= 0.6 is 35.3 Å². The molecule has 0 bridgehead atoms. The first kappa shape index (κ1) is 21.0. The van der Waals surface area contributed by atoms with Crippen LogP contribution in [0, 0.1) is 0 Å². The maximum absolute atomic E-state index is 13.1. The Morgan fingerprint density at radius 1 is 1.32 bits per heavy atom. The van der Waals surface area contributed by atoms with Crippen molar-refractivity contribution in [1.29, 1.82) is 0 Å². The highest BCUT2D eigenvalue weighted by molar-refractivity contribution is 7.22. The summed E-state index contributed by atoms with van der Waals surface area (Å²) in [6.07, 6.45) is 1.77. The first-order valence-electron chi connectivity index (χ1n) is 8.78. The van der Waals surface area contributed by atoms with Crippen LogP contribution < -0.4 is 4.90 Å². The number of rotatable bonds is 5. The summed E-state index contributed by atoms with van der Waals surface area (Å²) in [5, 5.41) is 5.59. The van der Waals surface area contributed by atoms with Gasteiger partial charge in [0.2, 0.25) is 0 Å². The van der Waals surface area contributed by atoms with Gasteiger partial charge in [-0.25, -0.2) is 4.98 Å². The average molecular weight is 442 g/mol. The molecule has 3 aromatic rings. The molecule has 28 heavy (non-hydrogen) atoms. The molecule has 0 N–H and O–H groups in total. The molecule has 0 saturated carbocycles. The third-order valence-corrected chi connectivity index (χ3v) is 5.77. The van der Waals surface area contributed by atoms with Gasteiger partial charge in [0.25, 0.3) is 5.91 Å². The number of aromatic nitrogens is 3. The molecule has 0 atom stereocenters. The number of amides is 1. The Morgan fingerprint density at radius 3 is 2.82 bits per heavy atom. The summed E-state index contributed by atoms with van der Waals surface area (Å²) in [5.74, 6) is -0.144. The van der Waals surface area contributed by atoms with Crippen LogP contribution in [0.15, 0.2) is 30.5 Å². The van der Waals surface area contributed by atoms with Crippen molar-refractivity contribution in [2.24, 2.45) is 7.05 Å². The number of aryl methyl sites for hydroxylation is 1. The maximum Gasteiger partial charge on any atom is 0.280 e. The van der Waals surface area contributed by atoms with Gasteiger partial charge in [-0.05, 0) is 24.3 Å². The van der Waals surface area contributed by atoms with Crippen LogP contribution in [-0.4, -0.2) is 65.0 Å². The minimum Gasteiger partial charge on any atom is -0.379 e. The fraction of sp³-hybridized carbons (Fsp3) is 0.389. The van der Waals surface area contributed by atoms with E-state index in [9.17, 15) is 4.79 Å². The molecule has 150 valence electrons. The Morgan fingerprint density at radius 2 is 2.11 bits per heavy atom. The molecule has 10 heteroatoms. The first-order chi connectivity index (χ1) is 13.1. The molecule has 1 fully saturated rings. The molecule has 4 rings (SSSR count). The van der Waals surface area contributed by atoms with Crippen molar-refractivity contribution in [3.8, 4) is 0 Å². The highest BCUT2D eigenvalue weighted by Crippen LogP contribution is 2.31. The van der Waals surface area contributed by atoms with E-state index in [1.165, 1.54) is 11.3 Å². The van der Waals surface area contributed by atoms with Crippen molar-refractivity contribution in [1.82, 2.24) is 19.7 Å². The number of anilines is 1. The summed E-state index contributed by atoms with van der Waals surface area (Å²) in [5.41, 5.74) is 1.25. The maximum atomic E-state index is 13.1. The van der Waals surface area contributed by atoms with Gasteiger partial charge < -0.3 is 4.74 Å². The molecular formula is C18H21Cl2N5O2S. The van der Waals surface area contributed by atoms with Crippen LogP contribution in [0.1, 0.15) is 10.5 Å². The zero-order chi connectivity index (χ0) is 18.8. The summed E-state index contributed by atoms with van der Waals surface area (Å²) >= 11 is 7.57. The number of morpholine rings is 1. The third-order valence-electron chi connectivity index (χ3n) is 4.49. The third kappa shape index (κ3) is 4.64. The van der Waals surface area contributed by atoms with Gasteiger partial charge in [-0.2, -0.15) is 5.10 Å². The second kappa shape index (κ2) is 9.19. The van der Waals surface area contributed by atoms with Crippen molar-refractivity contribution >= 4 is 56.6 Å². The SMILES string of the molecule is Cl.Cn1ccc(C(=O)N(CCN2CCOCC2)c2nc3ccc(Cl)cc3s2)n1. The number of halogens is 2. The molecule has 3 heterocycles. The zero-order valence-corrected chi connectivity index (χ0v) is 17.8. The molecule has 2 aromatic heterocycles. The number of nitrogens with zero attached hydrogens (tertiary/aromatic N) is 5. The number of fused-ring (bicyclic) bond motifs is 1. The van der Waals surface area contributed by atoms with Gasteiger partial charge in [0.15, 0.2) is 10.8 Å². The number of thiazole rings is 1. The van der Waals surface area contributed by atoms with Crippen LogP contribution in [0.5, 0.6) is 0 Å². The van der Waals surface area contributed by atoms with E-state index in [-0.39, 0.29) is 18.3 Å². The Hall–Kier alpha value is -1.71. The van der Waals surface area contributed by atoms with Gasteiger partial charge in [-0.15, -0.1) is 12.4 Å². The van der Waals surface area contributed by atoms with E-state index >= 15 is 0 Å². The largest absolute Gasteiger partial charge is 0.379 e. The van der Waals surface area contributed by atoms with Crippen LogP contribution in [0.3, 0.4) is 0 Å². The molecule has 1 amide bonds. The Kier molecular flexibility index (Phi) is 6.90. The molecule has 0 spiro atoms. The summed E-state index contributed by atoms with van der Waals surface area (Å²) in [4.78, 5) is 21.8. The molecule has 1 aliphatic heterocycles. The summed E-state index contributed by atoms with van der Waals surface area (Å²) in [7, 11) is 1.80. The van der Waals surface area contributed by atoms with Crippen LogP contribution in [0.2, 0.25) is 5.02 Å².